The molecule has 0 aliphatic carbocycles. The summed E-state index contributed by atoms with van der Waals surface area (Å²) in [4.78, 5) is 11.0. The number of thioether (sulfide) groups is 1. The number of nitrogens with zero attached hydrogens (tertiary/aromatic N) is 3. The van der Waals surface area contributed by atoms with E-state index >= 15 is 0 Å². The molecule has 1 aromatic carbocycles. The first-order chi connectivity index (χ1) is 9.63. The quantitative estimate of drug-likeness (QED) is 0.654. The summed E-state index contributed by atoms with van der Waals surface area (Å²) in [5.74, 6) is -0.157. The summed E-state index contributed by atoms with van der Waals surface area (Å²) >= 11 is 1.18. The monoisotopic (exact) mass is 289 g/mol. The molecule has 5 nitrogen and oxygen atoms in total. The third-order valence-electron chi connectivity index (χ3n) is 2.69. The predicted molar refractivity (Wildman–Crippen MR) is 78.6 cm³/mol. The van der Waals surface area contributed by atoms with Gasteiger partial charge in [-0.1, -0.05) is 48.2 Å². The molecule has 104 valence electrons. The number of allylic oxidation sites excluding steroid dienone is 1. The van der Waals surface area contributed by atoms with E-state index < -0.39 is 11.2 Å². The molecule has 0 aliphatic heterocycles. The van der Waals surface area contributed by atoms with Crippen LogP contribution in [0.1, 0.15) is 6.92 Å². The van der Waals surface area contributed by atoms with Gasteiger partial charge in [-0.3, -0.25) is 9.36 Å². The van der Waals surface area contributed by atoms with Crippen LogP contribution in [0.2, 0.25) is 0 Å². The van der Waals surface area contributed by atoms with Gasteiger partial charge in [-0.05, 0) is 6.92 Å². The van der Waals surface area contributed by atoms with E-state index in [0.717, 1.165) is 5.56 Å². The van der Waals surface area contributed by atoms with Gasteiger partial charge in [0.25, 0.3) is 0 Å². The standard InChI is InChI=1S/C14H15N3O2S/c1-3-9-17-12(11-7-5-4-6-8-11)15-16-14(17)20-10(2)13(18)19/h3-8,10H,1,9H2,2H3,(H,18,19)/t10-/m1/s1. The highest BCUT2D eigenvalue weighted by atomic mass is 32.2. The Kier molecular flexibility index (Phi) is 4.57. The largest absolute Gasteiger partial charge is 0.480 e. The summed E-state index contributed by atoms with van der Waals surface area (Å²) in [5, 5.41) is 17.3. The zero-order valence-corrected chi connectivity index (χ0v) is 11.9. The Bertz CT molecular complexity index is 610. The Morgan fingerprint density at radius 3 is 2.75 bits per heavy atom. The first-order valence-corrected chi connectivity index (χ1v) is 7.00. The molecule has 1 heterocycles. The molecule has 0 amide bonds. The lowest BCUT2D eigenvalue weighted by atomic mass is 10.2. The third-order valence-corrected chi connectivity index (χ3v) is 3.76. The first kappa shape index (κ1) is 14.3. The summed E-state index contributed by atoms with van der Waals surface area (Å²) in [5.41, 5.74) is 0.941. The van der Waals surface area contributed by atoms with Gasteiger partial charge >= 0.3 is 5.97 Å². The molecule has 0 saturated carbocycles. The van der Waals surface area contributed by atoms with Crippen molar-refractivity contribution >= 4 is 17.7 Å². The van der Waals surface area contributed by atoms with Gasteiger partial charge in [-0.25, -0.2) is 0 Å². The van der Waals surface area contributed by atoms with Crippen LogP contribution in [0.3, 0.4) is 0 Å². The van der Waals surface area contributed by atoms with Crippen LogP contribution in [0, 0.1) is 0 Å². The highest BCUT2D eigenvalue weighted by Gasteiger charge is 2.19. The van der Waals surface area contributed by atoms with E-state index in [2.05, 4.69) is 16.8 Å². The SMILES string of the molecule is C=CCn1c(S[C@H](C)C(=O)O)nnc1-c1ccccc1. The highest BCUT2D eigenvalue weighted by Crippen LogP contribution is 2.26. The number of benzene rings is 1. The van der Waals surface area contributed by atoms with Crippen LogP contribution in [0.5, 0.6) is 0 Å². The maximum atomic E-state index is 11.0. The van der Waals surface area contributed by atoms with Crippen LogP contribution >= 0.6 is 11.8 Å². The van der Waals surface area contributed by atoms with Crippen LogP contribution in [-0.2, 0) is 11.3 Å². The van der Waals surface area contributed by atoms with E-state index in [4.69, 9.17) is 5.11 Å². The lowest BCUT2D eigenvalue weighted by molar-refractivity contribution is -0.136. The average molecular weight is 289 g/mol. The molecule has 0 bridgehead atoms. The van der Waals surface area contributed by atoms with Gasteiger partial charge in [0.2, 0.25) is 0 Å². The minimum atomic E-state index is -0.871. The second kappa shape index (κ2) is 6.38. The third kappa shape index (κ3) is 3.08. The van der Waals surface area contributed by atoms with Crippen LogP contribution < -0.4 is 0 Å². The van der Waals surface area contributed by atoms with Gasteiger partial charge in [0.15, 0.2) is 11.0 Å². The van der Waals surface area contributed by atoms with E-state index in [1.807, 2.05) is 34.9 Å². The fraction of sp³-hybridized carbons (Fsp3) is 0.214. The van der Waals surface area contributed by atoms with E-state index in [9.17, 15) is 4.79 Å². The van der Waals surface area contributed by atoms with E-state index in [0.29, 0.717) is 17.5 Å². The fourth-order valence-corrected chi connectivity index (χ4v) is 2.47. The molecule has 1 atom stereocenters. The second-order valence-corrected chi connectivity index (χ2v) is 5.48. The number of carboxylic acid groups (broad SMARTS) is 1. The Labute approximate surface area is 121 Å². The minimum absolute atomic E-state index is 0.534. The summed E-state index contributed by atoms with van der Waals surface area (Å²) in [7, 11) is 0. The van der Waals surface area contributed by atoms with Crippen LogP contribution in [0.15, 0.2) is 48.1 Å². The van der Waals surface area contributed by atoms with Crippen molar-refractivity contribution in [1.82, 2.24) is 14.8 Å². The van der Waals surface area contributed by atoms with Crippen molar-refractivity contribution in [3.05, 3.63) is 43.0 Å². The molecule has 0 saturated heterocycles. The number of carbonyl (C=O) groups is 1. The lowest BCUT2D eigenvalue weighted by Gasteiger charge is -2.09. The van der Waals surface area contributed by atoms with Crippen molar-refractivity contribution < 1.29 is 9.90 Å². The zero-order valence-electron chi connectivity index (χ0n) is 11.1. The first-order valence-electron chi connectivity index (χ1n) is 6.12. The number of aliphatic carboxylic acids is 1. The summed E-state index contributed by atoms with van der Waals surface area (Å²) in [6, 6.07) is 9.67. The van der Waals surface area contributed by atoms with Crippen LogP contribution in [-0.4, -0.2) is 31.1 Å². The van der Waals surface area contributed by atoms with Gasteiger partial charge in [-0.2, -0.15) is 0 Å². The van der Waals surface area contributed by atoms with Gasteiger partial charge in [0.1, 0.15) is 5.25 Å². The van der Waals surface area contributed by atoms with Gasteiger partial charge < -0.3 is 5.11 Å². The number of hydrogen-bond acceptors (Lipinski definition) is 4. The number of hydrogen-bond donors (Lipinski definition) is 1. The molecule has 1 N–H and O–H groups in total. The smallest absolute Gasteiger partial charge is 0.316 e. The van der Waals surface area contributed by atoms with E-state index in [1.54, 1.807) is 13.0 Å². The normalized spacial score (nSPS) is 12.1. The van der Waals surface area contributed by atoms with E-state index in [-0.39, 0.29) is 0 Å². The molecular formula is C14H15N3O2S. The topological polar surface area (TPSA) is 68.0 Å². The summed E-state index contributed by atoms with van der Waals surface area (Å²) in [6.07, 6.45) is 1.74. The Morgan fingerprint density at radius 2 is 2.15 bits per heavy atom. The Hall–Kier alpha value is -2.08. The number of rotatable bonds is 6. The Morgan fingerprint density at radius 1 is 1.45 bits per heavy atom. The van der Waals surface area contributed by atoms with Crippen molar-refractivity contribution in [2.75, 3.05) is 0 Å². The average Bonchev–Trinajstić information content (AvgIpc) is 2.83. The molecule has 0 unspecified atom stereocenters. The minimum Gasteiger partial charge on any atom is -0.480 e. The summed E-state index contributed by atoms with van der Waals surface area (Å²) in [6.45, 7) is 5.88. The van der Waals surface area contributed by atoms with Crippen molar-refractivity contribution in [3.63, 3.8) is 0 Å². The number of carboxylic acids is 1. The predicted octanol–water partition coefficient (Wildman–Crippen LogP) is 2.70. The van der Waals surface area contributed by atoms with Crippen molar-refractivity contribution in [2.24, 2.45) is 0 Å². The van der Waals surface area contributed by atoms with Gasteiger partial charge in [0, 0.05) is 12.1 Å². The second-order valence-electron chi connectivity index (χ2n) is 4.17. The maximum Gasteiger partial charge on any atom is 0.316 e. The van der Waals surface area contributed by atoms with Gasteiger partial charge in [-0.15, -0.1) is 16.8 Å². The molecule has 2 rings (SSSR count). The maximum absolute atomic E-state index is 11.0. The van der Waals surface area contributed by atoms with Crippen LogP contribution in [0.4, 0.5) is 0 Å². The molecule has 0 aliphatic rings. The molecule has 0 fully saturated rings. The zero-order chi connectivity index (χ0) is 14.5. The van der Waals surface area contributed by atoms with E-state index in [1.165, 1.54) is 11.8 Å². The van der Waals surface area contributed by atoms with Crippen molar-refractivity contribution in [1.29, 1.82) is 0 Å². The molecule has 6 heteroatoms. The molecule has 2 aromatic rings. The van der Waals surface area contributed by atoms with Gasteiger partial charge in [0.05, 0.1) is 0 Å². The molecule has 0 spiro atoms. The fourth-order valence-electron chi connectivity index (χ4n) is 1.68. The van der Waals surface area contributed by atoms with Crippen molar-refractivity contribution in [2.45, 2.75) is 23.9 Å². The van der Waals surface area contributed by atoms with Crippen LogP contribution in [0.25, 0.3) is 11.4 Å². The highest BCUT2D eigenvalue weighted by molar-refractivity contribution is 8.00. The molecule has 1 aromatic heterocycles. The molecule has 20 heavy (non-hydrogen) atoms. The summed E-state index contributed by atoms with van der Waals surface area (Å²) < 4.78 is 1.87. The van der Waals surface area contributed by atoms with Crippen molar-refractivity contribution in [3.8, 4) is 11.4 Å². The molecule has 0 radical (unpaired) electrons. The Balaban J connectivity index is 2.37. The molecular weight excluding hydrogens is 274 g/mol. The lowest BCUT2D eigenvalue weighted by Crippen LogP contribution is -2.13. The number of aromatic nitrogens is 3.